The smallest absolute Gasteiger partial charge is 0.243 e. The number of carbonyl (C=O) groups is 2. The Hall–Kier alpha value is -3.32. The van der Waals surface area contributed by atoms with E-state index < -0.39 is 5.92 Å². The van der Waals surface area contributed by atoms with E-state index in [1.807, 2.05) is 79.7 Å². The molecular formula is C25H24BrN3O3. The first-order valence-corrected chi connectivity index (χ1v) is 11.2. The minimum Gasteiger partial charge on any atom is -0.487 e. The molecule has 3 aromatic rings. The molecule has 7 heteroatoms. The molecule has 1 fully saturated rings. The van der Waals surface area contributed by atoms with Crippen LogP contribution in [-0.4, -0.2) is 18.4 Å². The molecule has 3 aromatic carbocycles. The summed E-state index contributed by atoms with van der Waals surface area (Å²) in [6.45, 7) is 2.76. The SMILES string of the molecule is Cc1ccc(N2C[C@@H](C(=O)NNc3cc(Br)ccc3OCc3ccccc3)CC2=O)cc1. The standard InChI is InChI=1S/C25H24BrN3O3/c1-17-7-10-21(11-8-17)29-15-19(13-24(29)30)25(31)28-27-22-14-20(26)9-12-23(22)32-16-18-5-3-2-4-6-18/h2-12,14,19,27H,13,15-16H2,1H3,(H,28,31)/t19-/m0/s1. The number of nitrogens with one attached hydrogen (secondary N) is 2. The molecule has 1 heterocycles. The van der Waals surface area contributed by atoms with Gasteiger partial charge in [-0.15, -0.1) is 0 Å². The maximum Gasteiger partial charge on any atom is 0.243 e. The molecule has 6 nitrogen and oxygen atoms in total. The van der Waals surface area contributed by atoms with Crippen LogP contribution in [0.25, 0.3) is 0 Å². The maximum atomic E-state index is 12.8. The second-order valence-electron chi connectivity index (χ2n) is 7.77. The van der Waals surface area contributed by atoms with Crippen LogP contribution in [0.5, 0.6) is 5.75 Å². The Kier molecular flexibility index (Phi) is 6.75. The lowest BCUT2D eigenvalue weighted by atomic mass is 10.1. The van der Waals surface area contributed by atoms with Gasteiger partial charge >= 0.3 is 0 Å². The third-order valence-electron chi connectivity index (χ3n) is 5.34. The molecule has 2 N–H and O–H groups in total. The lowest BCUT2D eigenvalue weighted by molar-refractivity contribution is -0.125. The number of benzene rings is 3. The second kappa shape index (κ2) is 9.87. The predicted molar refractivity (Wildman–Crippen MR) is 128 cm³/mol. The summed E-state index contributed by atoms with van der Waals surface area (Å²) in [4.78, 5) is 26.9. The zero-order chi connectivity index (χ0) is 22.5. The summed E-state index contributed by atoms with van der Waals surface area (Å²) in [5, 5.41) is 0. The van der Waals surface area contributed by atoms with Crippen LogP contribution in [0.4, 0.5) is 11.4 Å². The molecule has 0 unspecified atom stereocenters. The Bertz CT molecular complexity index is 1100. The second-order valence-corrected chi connectivity index (χ2v) is 8.69. The van der Waals surface area contributed by atoms with E-state index in [-0.39, 0.29) is 18.2 Å². The quantitative estimate of drug-likeness (QED) is 0.462. The van der Waals surface area contributed by atoms with Crippen LogP contribution in [0, 0.1) is 12.8 Å². The van der Waals surface area contributed by atoms with Crippen molar-refractivity contribution in [3.63, 3.8) is 0 Å². The summed E-state index contributed by atoms with van der Waals surface area (Å²) in [6.07, 6.45) is 0.178. The van der Waals surface area contributed by atoms with Crippen LogP contribution in [0.1, 0.15) is 17.5 Å². The first kappa shape index (κ1) is 21.9. The Morgan fingerprint density at radius 1 is 1.09 bits per heavy atom. The highest BCUT2D eigenvalue weighted by Gasteiger charge is 2.35. The number of halogens is 1. The molecular weight excluding hydrogens is 470 g/mol. The molecule has 1 saturated heterocycles. The number of hydrogen-bond acceptors (Lipinski definition) is 4. The van der Waals surface area contributed by atoms with Gasteiger partial charge in [-0.2, -0.15) is 0 Å². The number of rotatable bonds is 7. The molecule has 0 radical (unpaired) electrons. The van der Waals surface area contributed by atoms with Gasteiger partial charge in [0.05, 0.1) is 11.6 Å². The highest BCUT2D eigenvalue weighted by Crippen LogP contribution is 2.29. The van der Waals surface area contributed by atoms with Crippen LogP contribution < -0.4 is 20.5 Å². The average Bonchev–Trinajstić information content (AvgIpc) is 3.19. The number of nitrogens with zero attached hydrogens (tertiary/aromatic N) is 1. The van der Waals surface area contributed by atoms with E-state index in [1.54, 1.807) is 4.90 Å². The van der Waals surface area contributed by atoms with Crippen molar-refractivity contribution in [2.75, 3.05) is 16.9 Å². The van der Waals surface area contributed by atoms with Crippen LogP contribution >= 0.6 is 15.9 Å². The normalized spacial score (nSPS) is 15.5. The molecule has 32 heavy (non-hydrogen) atoms. The maximum absolute atomic E-state index is 12.8. The lowest BCUT2D eigenvalue weighted by Crippen LogP contribution is -2.36. The van der Waals surface area contributed by atoms with Crippen LogP contribution in [0.2, 0.25) is 0 Å². The third kappa shape index (κ3) is 5.29. The molecule has 0 bridgehead atoms. The van der Waals surface area contributed by atoms with Crippen LogP contribution in [0.15, 0.2) is 77.3 Å². The fourth-order valence-corrected chi connectivity index (χ4v) is 3.91. The van der Waals surface area contributed by atoms with Crippen molar-refractivity contribution in [3.8, 4) is 5.75 Å². The molecule has 1 atom stereocenters. The van der Waals surface area contributed by atoms with Gasteiger partial charge in [0, 0.05) is 23.1 Å². The molecule has 164 valence electrons. The zero-order valence-corrected chi connectivity index (χ0v) is 19.3. The molecule has 0 spiro atoms. The molecule has 1 aliphatic rings. The largest absolute Gasteiger partial charge is 0.487 e. The summed E-state index contributed by atoms with van der Waals surface area (Å²) in [7, 11) is 0. The molecule has 2 amide bonds. The van der Waals surface area contributed by atoms with E-state index in [1.165, 1.54) is 0 Å². The van der Waals surface area contributed by atoms with E-state index in [0.29, 0.717) is 24.6 Å². The number of ether oxygens (including phenoxy) is 1. The molecule has 4 rings (SSSR count). The van der Waals surface area contributed by atoms with E-state index >= 15 is 0 Å². The van der Waals surface area contributed by atoms with Gasteiger partial charge in [0.25, 0.3) is 0 Å². The van der Waals surface area contributed by atoms with Crippen LogP contribution in [-0.2, 0) is 16.2 Å². The summed E-state index contributed by atoms with van der Waals surface area (Å²) >= 11 is 3.45. The van der Waals surface area contributed by atoms with Gasteiger partial charge in [-0.3, -0.25) is 20.4 Å². The fourth-order valence-electron chi connectivity index (χ4n) is 3.55. The summed E-state index contributed by atoms with van der Waals surface area (Å²) in [5.74, 6) is -0.108. The van der Waals surface area contributed by atoms with Gasteiger partial charge in [0.1, 0.15) is 12.4 Å². The van der Waals surface area contributed by atoms with Crippen LogP contribution in [0.3, 0.4) is 0 Å². The molecule has 0 aromatic heterocycles. The van der Waals surface area contributed by atoms with E-state index in [4.69, 9.17) is 4.74 Å². The number of hydrazine groups is 1. The van der Waals surface area contributed by atoms with Crippen molar-refractivity contribution in [2.45, 2.75) is 20.0 Å². The summed E-state index contributed by atoms with van der Waals surface area (Å²) < 4.78 is 6.79. The Morgan fingerprint density at radius 2 is 1.84 bits per heavy atom. The van der Waals surface area contributed by atoms with E-state index in [2.05, 4.69) is 26.8 Å². The molecule has 0 saturated carbocycles. The van der Waals surface area contributed by atoms with E-state index in [0.717, 1.165) is 21.3 Å². The third-order valence-corrected chi connectivity index (χ3v) is 5.83. The highest BCUT2D eigenvalue weighted by molar-refractivity contribution is 9.10. The van der Waals surface area contributed by atoms with Gasteiger partial charge in [-0.25, -0.2) is 0 Å². The van der Waals surface area contributed by atoms with Gasteiger partial charge < -0.3 is 9.64 Å². The predicted octanol–water partition coefficient (Wildman–Crippen LogP) is 4.83. The zero-order valence-electron chi connectivity index (χ0n) is 17.7. The minimum absolute atomic E-state index is 0.0525. The van der Waals surface area contributed by atoms with Crippen molar-refractivity contribution in [2.24, 2.45) is 5.92 Å². The number of hydrogen-bond donors (Lipinski definition) is 2. The minimum atomic E-state index is -0.433. The first-order valence-electron chi connectivity index (χ1n) is 10.4. The van der Waals surface area contributed by atoms with Crippen molar-refractivity contribution < 1.29 is 14.3 Å². The van der Waals surface area contributed by atoms with Crippen molar-refractivity contribution in [1.82, 2.24) is 5.43 Å². The lowest BCUT2D eigenvalue weighted by Gasteiger charge is -2.18. The van der Waals surface area contributed by atoms with Gasteiger partial charge in [0.15, 0.2) is 0 Å². The monoisotopic (exact) mass is 493 g/mol. The number of amides is 2. The van der Waals surface area contributed by atoms with Crippen molar-refractivity contribution in [1.29, 1.82) is 0 Å². The average molecular weight is 494 g/mol. The topological polar surface area (TPSA) is 70.7 Å². The number of aryl methyl sites for hydroxylation is 1. The molecule has 0 aliphatic carbocycles. The fraction of sp³-hybridized carbons (Fsp3) is 0.200. The van der Waals surface area contributed by atoms with E-state index in [9.17, 15) is 9.59 Å². The van der Waals surface area contributed by atoms with Gasteiger partial charge in [0.2, 0.25) is 11.8 Å². The number of carbonyl (C=O) groups excluding carboxylic acids is 2. The van der Waals surface area contributed by atoms with Crippen molar-refractivity contribution >= 4 is 39.1 Å². The Balaban J connectivity index is 1.38. The Morgan fingerprint density at radius 3 is 2.59 bits per heavy atom. The molecule has 1 aliphatic heterocycles. The Labute approximate surface area is 195 Å². The summed E-state index contributed by atoms with van der Waals surface area (Å²) in [5.41, 5.74) is 9.31. The van der Waals surface area contributed by atoms with Gasteiger partial charge in [-0.1, -0.05) is 64.0 Å². The highest BCUT2D eigenvalue weighted by atomic mass is 79.9. The van der Waals surface area contributed by atoms with Gasteiger partial charge in [-0.05, 0) is 42.8 Å². The number of anilines is 2. The van der Waals surface area contributed by atoms with Crippen molar-refractivity contribution in [3.05, 3.63) is 88.4 Å². The first-order chi connectivity index (χ1) is 15.5. The summed E-state index contributed by atoms with van der Waals surface area (Å²) in [6, 6.07) is 23.1.